The molecule has 0 radical (unpaired) electrons. The van der Waals surface area contributed by atoms with E-state index in [0.29, 0.717) is 12.8 Å². The third-order valence-corrected chi connectivity index (χ3v) is 7.88. The molecular weight excluding hydrogens is 496 g/mol. The molecule has 0 aromatic heterocycles. The highest BCUT2D eigenvalue weighted by Crippen LogP contribution is 2.41. The summed E-state index contributed by atoms with van der Waals surface area (Å²) < 4.78 is 5.62. The molecule has 1 unspecified atom stereocenters. The van der Waals surface area contributed by atoms with Crippen molar-refractivity contribution in [3.05, 3.63) is 69.3 Å². The van der Waals surface area contributed by atoms with Crippen molar-refractivity contribution < 1.29 is 24.9 Å². The number of hydrogen-bond acceptors (Lipinski definition) is 6. The number of carbonyl (C=O) groups excluding carboxylic acids is 1. The van der Waals surface area contributed by atoms with Crippen LogP contribution >= 0.6 is 11.8 Å². The van der Waals surface area contributed by atoms with E-state index in [1.54, 1.807) is 12.1 Å². The van der Waals surface area contributed by atoms with Crippen LogP contribution < -0.4 is 0 Å². The SMILES string of the molecule is C1CCCC1.CC.Cc1cc(SC2=C(O)CC(CCc3ccc(O)cc3)OC2=O)c(C(C)(C)C)cc1CO. The normalized spacial score (nSPS) is 17.2. The van der Waals surface area contributed by atoms with Crippen LogP contribution in [0.15, 0.2) is 52.0 Å². The van der Waals surface area contributed by atoms with Gasteiger partial charge in [0.25, 0.3) is 0 Å². The highest BCUT2D eigenvalue weighted by molar-refractivity contribution is 8.04. The average Bonchev–Trinajstić information content (AvgIpc) is 3.47. The van der Waals surface area contributed by atoms with Gasteiger partial charge in [-0.3, -0.25) is 0 Å². The first-order valence-electron chi connectivity index (χ1n) is 13.9. The third kappa shape index (κ3) is 9.39. The number of ether oxygens (including phenoxy) is 1. The van der Waals surface area contributed by atoms with Crippen LogP contribution in [0.2, 0.25) is 0 Å². The van der Waals surface area contributed by atoms with Crippen LogP contribution in [0.25, 0.3) is 0 Å². The minimum atomic E-state index is -0.506. The molecule has 2 aromatic rings. The van der Waals surface area contributed by atoms with Gasteiger partial charge in [-0.25, -0.2) is 4.79 Å². The largest absolute Gasteiger partial charge is 0.511 e. The lowest BCUT2D eigenvalue weighted by molar-refractivity contribution is -0.145. The Morgan fingerprint density at radius 3 is 2.05 bits per heavy atom. The fourth-order valence-corrected chi connectivity index (χ4v) is 5.75. The number of benzene rings is 2. The van der Waals surface area contributed by atoms with E-state index in [9.17, 15) is 20.1 Å². The molecule has 1 fully saturated rings. The van der Waals surface area contributed by atoms with Crippen LogP contribution in [0.5, 0.6) is 5.75 Å². The van der Waals surface area contributed by atoms with Crippen LogP contribution in [0.4, 0.5) is 0 Å². The van der Waals surface area contributed by atoms with Crippen LogP contribution in [-0.2, 0) is 28.0 Å². The van der Waals surface area contributed by atoms with Crippen molar-refractivity contribution in [3.8, 4) is 5.75 Å². The quantitative estimate of drug-likeness (QED) is 0.318. The molecule has 0 saturated heterocycles. The van der Waals surface area contributed by atoms with Gasteiger partial charge in [-0.05, 0) is 65.6 Å². The van der Waals surface area contributed by atoms with E-state index in [2.05, 4.69) is 20.8 Å². The van der Waals surface area contributed by atoms with Crippen LogP contribution in [0.3, 0.4) is 0 Å². The molecule has 1 aliphatic heterocycles. The van der Waals surface area contributed by atoms with Crippen molar-refractivity contribution in [2.24, 2.45) is 0 Å². The standard InChI is InChI=1S/C25H30O5S.C5H10.C2H6/c1-15-11-22(20(25(2,3)4)12-17(15)14-26)31-23-21(28)13-19(30-24(23)29)10-7-16-5-8-18(27)9-6-16;1-2-4-5-3-1;1-2/h5-6,8-9,11-12,19,26-28H,7,10,13-14H2,1-4H3;1-5H2;1-2H3. The number of phenolic OH excluding ortho intramolecular Hbond substituents is 1. The summed E-state index contributed by atoms with van der Waals surface area (Å²) in [4.78, 5) is 13.8. The number of carbonyl (C=O) groups is 1. The van der Waals surface area contributed by atoms with E-state index in [4.69, 9.17) is 4.74 Å². The Morgan fingerprint density at radius 2 is 1.55 bits per heavy atom. The fourth-order valence-electron chi connectivity index (χ4n) is 4.49. The highest BCUT2D eigenvalue weighted by Gasteiger charge is 2.31. The molecule has 5 nitrogen and oxygen atoms in total. The lowest BCUT2D eigenvalue weighted by Gasteiger charge is -2.27. The minimum absolute atomic E-state index is 0.0431. The van der Waals surface area contributed by atoms with Gasteiger partial charge in [0, 0.05) is 11.3 Å². The molecule has 0 amide bonds. The molecule has 210 valence electrons. The average molecular weight is 543 g/mol. The van der Waals surface area contributed by atoms with Gasteiger partial charge in [-0.2, -0.15) is 0 Å². The molecule has 1 aliphatic carbocycles. The van der Waals surface area contributed by atoms with Gasteiger partial charge >= 0.3 is 5.97 Å². The predicted molar refractivity (Wildman–Crippen MR) is 157 cm³/mol. The van der Waals surface area contributed by atoms with E-state index in [1.165, 1.54) is 43.9 Å². The van der Waals surface area contributed by atoms with Crippen LogP contribution in [0, 0.1) is 6.92 Å². The van der Waals surface area contributed by atoms with Crippen LogP contribution in [0.1, 0.15) is 102 Å². The van der Waals surface area contributed by atoms with Gasteiger partial charge in [0.05, 0.1) is 6.61 Å². The Morgan fingerprint density at radius 1 is 0.974 bits per heavy atom. The second-order valence-electron chi connectivity index (χ2n) is 10.8. The van der Waals surface area contributed by atoms with Crippen molar-refractivity contribution in [1.82, 2.24) is 0 Å². The molecule has 1 heterocycles. The maximum Gasteiger partial charge on any atom is 0.348 e. The van der Waals surface area contributed by atoms with Gasteiger partial charge in [0.2, 0.25) is 0 Å². The van der Waals surface area contributed by atoms with Crippen molar-refractivity contribution in [2.75, 3.05) is 0 Å². The monoisotopic (exact) mass is 542 g/mol. The first kappa shape index (κ1) is 31.8. The number of cyclic esters (lactones) is 1. The van der Waals surface area contributed by atoms with Crippen molar-refractivity contribution in [1.29, 1.82) is 0 Å². The summed E-state index contributed by atoms with van der Waals surface area (Å²) in [6.45, 7) is 12.1. The Bertz CT molecular complexity index is 1050. The van der Waals surface area contributed by atoms with Crippen molar-refractivity contribution >= 4 is 17.7 Å². The van der Waals surface area contributed by atoms with Gasteiger partial charge < -0.3 is 20.1 Å². The number of aliphatic hydroxyl groups excluding tert-OH is 2. The molecule has 6 heteroatoms. The minimum Gasteiger partial charge on any atom is -0.511 e. The summed E-state index contributed by atoms with van der Waals surface area (Å²) in [5.74, 6) is -0.235. The van der Waals surface area contributed by atoms with E-state index in [-0.39, 0.29) is 41.0 Å². The Kier molecular flexibility index (Phi) is 12.7. The molecule has 1 saturated carbocycles. The molecule has 0 bridgehead atoms. The third-order valence-electron chi connectivity index (χ3n) is 6.71. The summed E-state index contributed by atoms with van der Waals surface area (Å²) in [5.41, 5.74) is 3.64. The number of hydrogen-bond donors (Lipinski definition) is 3. The van der Waals surface area contributed by atoms with E-state index >= 15 is 0 Å². The Balaban J connectivity index is 0.000000636. The van der Waals surface area contributed by atoms with E-state index in [0.717, 1.165) is 27.1 Å². The lowest BCUT2D eigenvalue weighted by Crippen LogP contribution is -2.26. The summed E-state index contributed by atoms with van der Waals surface area (Å²) in [7, 11) is 0. The molecule has 2 aromatic carbocycles. The number of esters is 1. The molecule has 4 rings (SSSR count). The Hall–Kier alpha value is -2.44. The van der Waals surface area contributed by atoms with Gasteiger partial charge in [0.1, 0.15) is 22.5 Å². The lowest BCUT2D eigenvalue weighted by atomic mass is 9.85. The van der Waals surface area contributed by atoms with E-state index in [1.807, 2.05) is 45.0 Å². The summed E-state index contributed by atoms with van der Waals surface area (Å²) in [6, 6.07) is 10.9. The topological polar surface area (TPSA) is 87.0 Å². The van der Waals surface area contributed by atoms with Gasteiger partial charge in [0.15, 0.2) is 0 Å². The zero-order chi connectivity index (χ0) is 28.3. The number of rotatable bonds is 6. The smallest absolute Gasteiger partial charge is 0.348 e. The summed E-state index contributed by atoms with van der Waals surface area (Å²) in [5, 5.41) is 29.7. The summed E-state index contributed by atoms with van der Waals surface area (Å²) in [6.07, 6.45) is 8.68. The first-order valence-corrected chi connectivity index (χ1v) is 14.7. The molecule has 0 spiro atoms. The summed E-state index contributed by atoms with van der Waals surface area (Å²) >= 11 is 1.23. The first-order chi connectivity index (χ1) is 18.1. The maximum absolute atomic E-state index is 12.7. The predicted octanol–water partition coefficient (Wildman–Crippen LogP) is 8.28. The zero-order valence-corrected chi connectivity index (χ0v) is 24.8. The van der Waals surface area contributed by atoms with Gasteiger partial charge in [-0.1, -0.05) is 96.7 Å². The number of aliphatic hydroxyl groups is 2. The molecule has 2 aliphatic rings. The number of thioether (sulfide) groups is 1. The molecular formula is C32H46O5S. The fraction of sp³-hybridized carbons (Fsp3) is 0.531. The second-order valence-corrected chi connectivity index (χ2v) is 11.8. The van der Waals surface area contributed by atoms with Gasteiger partial charge in [-0.15, -0.1) is 0 Å². The second kappa shape index (κ2) is 15.2. The number of aromatic hydroxyl groups is 1. The maximum atomic E-state index is 12.7. The number of aryl methyl sites for hydroxylation is 2. The molecule has 38 heavy (non-hydrogen) atoms. The molecule has 3 N–H and O–H groups in total. The zero-order valence-electron chi connectivity index (χ0n) is 24.0. The molecule has 1 atom stereocenters. The highest BCUT2D eigenvalue weighted by atomic mass is 32.2. The van der Waals surface area contributed by atoms with Crippen molar-refractivity contribution in [3.63, 3.8) is 0 Å². The Labute approximate surface area is 233 Å². The number of phenols is 1. The van der Waals surface area contributed by atoms with E-state index < -0.39 is 5.97 Å². The van der Waals surface area contributed by atoms with Crippen molar-refractivity contribution in [2.45, 2.75) is 116 Å². The van der Waals surface area contributed by atoms with Crippen LogP contribution in [-0.4, -0.2) is 27.4 Å².